The Labute approximate surface area is 79.9 Å². The standard InChI is InChI=1S/C6H7NO6S/c8-5(9)3-2(14(12)13)1-7-4(3)6(10)11/h3-4,7H,1H2,(H,8,9)(H,10,11). The molecular formula is C6H7NO6S. The zero-order valence-electron chi connectivity index (χ0n) is 6.80. The smallest absolute Gasteiger partial charge is 0.321 e. The molecule has 14 heavy (non-hydrogen) atoms. The fourth-order valence-electron chi connectivity index (χ4n) is 1.30. The monoisotopic (exact) mass is 221 g/mol. The molecule has 3 N–H and O–H groups in total. The van der Waals surface area contributed by atoms with Crippen LogP contribution >= 0.6 is 0 Å². The number of aliphatic carboxylic acids is 2. The van der Waals surface area contributed by atoms with Gasteiger partial charge in [-0.25, -0.2) is 0 Å². The maximum atomic E-state index is 10.6. The molecule has 1 heterocycles. The number of carbonyl (C=O) groups is 2. The normalized spacial score (nSPS) is 26.1. The number of rotatable bonds is 2. The molecule has 0 spiro atoms. The first kappa shape index (κ1) is 10.7. The van der Waals surface area contributed by atoms with E-state index in [2.05, 4.69) is 5.32 Å². The van der Waals surface area contributed by atoms with E-state index >= 15 is 0 Å². The third-order valence-corrected chi connectivity index (χ3v) is 2.75. The quantitative estimate of drug-likeness (QED) is 0.452. The van der Waals surface area contributed by atoms with Crippen molar-refractivity contribution in [3.05, 3.63) is 0 Å². The molecule has 0 saturated carbocycles. The van der Waals surface area contributed by atoms with Crippen molar-refractivity contribution < 1.29 is 28.2 Å². The van der Waals surface area contributed by atoms with Gasteiger partial charge in [-0.1, -0.05) is 0 Å². The molecule has 0 bridgehead atoms. The van der Waals surface area contributed by atoms with Crippen molar-refractivity contribution in [3.63, 3.8) is 0 Å². The molecule has 1 saturated heterocycles. The van der Waals surface area contributed by atoms with Gasteiger partial charge in [-0.05, 0) is 0 Å². The third-order valence-electron chi connectivity index (χ3n) is 1.92. The van der Waals surface area contributed by atoms with Crippen molar-refractivity contribution in [2.24, 2.45) is 5.92 Å². The van der Waals surface area contributed by atoms with E-state index in [-0.39, 0.29) is 11.4 Å². The molecule has 0 aromatic carbocycles. The van der Waals surface area contributed by atoms with Crippen LogP contribution in [-0.2, 0) is 19.9 Å². The molecule has 2 atom stereocenters. The van der Waals surface area contributed by atoms with Gasteiger partial charge in [0.1, 0.15) is 12.0 Å². The topological polar surface area (TPSA) is 121 Å². The number of carboxylic acids is 2. The van der Waals surface area contributed by atoms with Gasteiger partial charge >= 0.3 is 11.9 Å². The van der Waals surface area contributed by atoms with Gasteiger partial charge in [0, 0.05) is 6.54 Å². The summed E-state index contributed by atoms with van der Waals surface area (Å²) in [5.74, 6) is -4.34. The van der Waals surface area contributed by atoms with Crippen LogP contribution in [-0.4, -0.2) is 48.0 Å². The molecule has 8 heteroatoms. The molecule has 1 rings (SSSR count). The predicted octanol–water partition coefficient (Wildman–Crippen LogP) is -2.20. The van der Waals surface area contributed by atoms with Crippen molar-refractivity contribution in [3.8, 4) is 0 Å². The Hall–Kier alpha value is -1.41. The highest BCUT2D eigenvalue weighted by molar-refractivity contribution is 7.73. The number of hydrogen-bond acceptors (Lipinski definition) is 5. The zero-order chi connectivity index (χ0) is 10.9. The van der Waals surface area contributed by atoms with Crippen LogP contribution in [0.4, 0.5) is 0 Å². The molecule has 78 valence electrons. The van der Waals surface area contributed by atoms with Gasteiger partial charge in [0.25, 0.3) is 0 Å². The van der Waals surface area contributed by atoms with Gasteiger partial charge < -0.3 is 10.2 Å². The summed E-state index contributed by atoms with van der Waals surface area (Å²) in [5, 5.41) is 19.6. The Bertz CT molecular complexity index is 402. The molecule has 1 aliphatic rings. The second kappa shape index (κ2) is 3.76. The first-order valence-electron chi connectivity index (χ1n) is 3.59. The highest BCUT2D eigenvalue weighted by atomic mass is 32.2. The lowest BCUT2D eigenvalue weighted by Gasteiger charge is -2.09. The van der Waals surface area contributed by atoms with Gasteiger partial charge in [0.15, 0.2) is 0 Å². The first-order chi connectivity index (χ1) is 6.45. The summed E-state index contributed by atoms with van der Waals surface area (Å²) in [4.78, 5) is 20.8. The average Bonchev–Trinajstić information content (AvgIpc) is 2.46. The summed E-state index contributed by atoms with van der Waals surface area (Å²) < 4.78 is 21.1. The fraction of sp³-hybridized carbons (Fsp3) is 0.500. The molecule has 1 aliphatic heterocycles. The van der Waals surface area contributed by atoms with E-state index in [9.17, 15) is 18.0 Å². The average molecular weight is 221 g/mol. The third kappa shape index (κ3) is 1.75. The lowest BCUT2D eigenvalue weighted by atomic mass is 10.0. The van der Waals surface area contributed by atoms with Gasteiger partial charge in [0.2, 0.25) is 10.3 Å². The van der Waals surface area contributed by atoms with Crippen molar-refractivity contribution in [1.82, 2.24) is 5.32 Å². The zero-order valence-corrected chi connectivity index (χ0v) is 7.61. The summed E-state index contributed by atoms with van der Waals surface area (Å²) in [6.45, 7) is -0.232. The molecule has 0 amide bonds. The molecule has 0 aromatic heterocycles. The Kier molecular flexibility index (Phi) is 2.87. The van der Waals surface area contributed by atoms with E-state index in [1.165, 1.54) is 0 Å². The number of carboxylic acid groups (broad SMARTS) is 2. The van der Waals surface area contributed by atoms with Crippen LogP contribution < -0.4 is 5.32 Å². The second-order valence-electron chi connectivity index (χ2n) is 2.71. The predicted molar refractivity (Wildman–Crippen MR) is 44.5 cm³/mol. The van der Waals surface area contributed by atoms with Crippen LogP contribution in [0.1, 0.15) is 0 Å². The van der Waals surface area contributed by atoms with Crippen molar-refractivity contribution in [1.29, 1.82) is 0 Å². The summed E-state index contributed by atoms with van der Waals surface area (Å²) in [7, 11) is -2.67. The Morgan fingerprint density at radius 2 is 1.86 bits per heavy atom. The molecule has 2 unspecified atom stereocenters. The van der Waals surface area contributed by atoms with E-state index in [1.54, 1.807) is 0 Å². The van der Waals surface area contributed by atoms with Crippen molar-refractivity contribution >= 4 is 27.1 Å². The Morgan fingerprint density at radius 3 is 2.21 bits per heavy atom. The van der Waals surface area contributed by atoms with Crippen molar-refractivity contribution in [2.45, 2.75) is 6.04 Å². The molecule has 1 fully saturated rings. The van der Waals surface area contributed by atoms with E-state index in [4.69, 9.17) is 10.2 Å². The van der Waals surface area contributed by atoms with Crippen LogP contribution in [0.25, 0.3) is 0 Å². The molecule has 0 aromatic rings. The largest absolute Gasteiger partial charge is 0.481 e. The van der Waals surface area contributed by atoms with Crippen LogP contribution in [0.15, 0.2) is 0 Å². The van der Waals surface area contributed by atoms with Crippen molar-refractivity contribution in [2.75, 3.05) is 6.54 Å². The lowest BCUT2D eigenvalue weighted by molar-refractivity contribution is -0.147. The van der Waals surface area contributed by atoms with Gasteiger partial charge in [0.05, 0.1) is 4.86 Å². The Balaban J connectivity index is 3.16. The lowest BCUT2D eigenvalue weighted by Crippen LogP contribution is -2.39. The fourth-order valence-corrected chi connectivity index (χ4v) is 1.94. The van der Waals surface area contributed by atoms with Crippen LogP contribution in [0.2, 0.25) is 0 Å². The first-order valence-corrected chi connectivity index (χ1v) is 4.66. The van der Waals surface area contributed by atoms with Gasteiger partial charge in [-0.3, -0.25) is 14.9 Å². The second-order valence-corrected chi connectivity index (χ2v) is 3.71. The van der Waals surface area contributed by atoms with Crippen LogP contribution in [0.3, 0.4) is 0 Å². The van der Waals surface area contributed by atoms with Crippen LogP contribution in [0, 0.1) is 5.92 Å². The summed E-state index contributed by atoms with van der Waals surface area (Å²) in [5.41, 5.74) is 0. The minimum Gasteiger partial charge on any atom is -0.481 e. The van der Waals surface area contributed by atoms with E-state index in [1.807, 2.05) is 0 Å². The highest BCUT2D eigenvalue weighted by Gasteiger charge is 2.43. The molecular weight excluding hydrogens is 214 g/mol. The minimum atomic E-state index is -2.67. The summed E-state index contributed by atoms with van der Waals surface area (Å²) >= 11 is 0. The maximum absolute atomic E-state index is 10.6. The Morgan fingerprint density at radius 1 is 1.29 bits per heavy atom. The molecule has 7 nitrogen and oxygen atoms in total. The summed E-state index contributed by atoms with van der Waals surface area (Å²) in [6, 6.07) is -1.37. The molecule has 0 aliphatic carbocycles. The van der Waals surface area contributed by atoms with E-state index in [0.717, 1.165) is 0 Å². The SMILES string of the molecule is O=C(O)C1NCC(=S(=O)=O)C1C(=O)O. The molecule has 0 radical (unpaired) electrons. The number of nitrogens with one attached hydrogen (secondary N) is 1. The number of hydrogen-bond donors (Lipinski definition) is 3. The van der Waals surface area contributed by atoms with E-state index in [0.29, 0.717) is 0 Å². The highest BCUT2D eigenvalue weighted by Crippen LogP contribution is 2.13. The maximum Gasteiger partial charge on any atom is 0.321 e. The minimum absolute atomic E-state index is 0.232. The summed E-state index contributed by atoms with van der Waals surface area (Å²) in [6.07, 6.45) is 0. The van der Waals surface area contributed by atoms with Crippen LogP contribution in [0.5, 0.6) is 0 Å². The van der Waals surface area contributed by atoms with Gasteiger partial charge in [-0.15, -0.1) is 0 Å². The van der Waals surface area contributed by atoms with Gasteiger partial charge in [-0.2, -0.15) is 8.42 Å². The van der Waals surface area contributed by atoms with E-state index < -0.39 is 34.2 Å².